The molecule has 3 aromatic heterocycles. The van der Waals surface area contributed by atoms with Crippen molar-refractivity contribution in [2.75, 3.05) is 11.6 Å². The van der Waals surface area contributed by atoms with Gasteiger partial charge in [0.1, 0.15) is 10.8 Å². The van der Waals surface area contributed by atoms with Crippen LogP contribution in [0.5, 0.6) is 0 Å². The van der Waals surface area contributed by atoms with Crippen molar-refractivity contribution in [3.05, 3.63) is 66.2 Å². The lowest BCUT2D eigenvalue weighted by atomic mass is 10.1. The van der Waals surface area contributed by atoms with Gasteiger partial charge in [0.05, 0.1) is 17.8 Å². The molecule has 3 aromatic rings. The number of nitrogens with one attached hydrogen (secondary N) is 1. The number of carbonyl (C=O) groups excluding carboxylic acids is 1. The SMILES string of the molecule is CSc1ncccc1C(=O)Nc1ccnn1[C@@H](C)c1ccncc1. The van der Waals surface area contributed by atoms with Gasteiger partial charge in [-0.1, -0.05) is 0 Å². The molecule has 1 atom stereocenters. The molecule has 0 aliphatic rings. The zero-order valence-electron chi connectivity index (χ0n) is 13.4. The minimum Gasteiger partial charge on any atom is -0.307 e. The maximum Gasteiger partial charge on any atom is 0.259 e. The van der Waals surface area contributed by atoms with E-state index in [1.807, 2.05) is 25.3 Å². The zero-order chi connectivity index (χ0) is 16.9. The van der Waals surface area contributed by atoms with Crippen molar-refractivity contribution in [3.8, 4) is 0 Å². The maximum absolute atomic E-state index is 12.6. The highest BCUT2D eigenvalue weighted by Crippen LogP contribution is 2.23. The van der Waals surface area contributed by atoms with Crippen LogP contribution in [0.3, 0.4) is 0 Å². The summed E-state index contributed by atoms with van der Waals surface area (Å²) < 4.78 is 1.78. The smallest absolute Gasteiger partial charge is 0.259 e. The van der Waals surface area contributed by atoms with Crippen LogP contribution in [0, 0.1) is 0 Å². The lowest BCUT2D eigenvalue weighted by Gasteiger charge is -2.16. The first kappa shape index (κ1) is 16.2. The van der Waals surface area contributed by atoms with E-state index in [1.165, 1.54) is 11.8 Å². The van der Waals surface area contributed by atoms with Gasteiger partial charge in [0.15, 0.2) is 0 Å². The second-order valence-electron chi connectivity index (χ2n) is 5.13. The van der Waals surface area contributed by atoms with Crippen molar-refractivity contribution in [3.63, 3.8) is 0 Å². The summed E-state index contributed by atoms with van der Waals surface area (Å²) in [5, 5.41) is 7.96. The molecule has 122 valence electrons. The third-order valence-electron chi connectivity index (χ3n) is 3.68. The fraction of sp³-hybridized carbons (Fsp3) is 0.176. The molecule has 0 saturated carbocycles. The second kappa shape index (κ2) is 7.27. The number of amides is 1. The summed E-state index contributed by atoms with van der Waals surface area (Å²) in [6.45, 7) is 2.02. The van der Waals surface area contributed by atoms with E-state index >= 15 is 0 Å². The van der Waals surface area contributed by atoms with E-state index < -0.39 is 0 Å². The average molecular weight is 339 g/mol. The van der Waals surface area contributed by atoms with Gasteiger partial charge in [-0.3, -0.25) is 9.78 Å². The van der Waals surface area contributed by atoms with Crippen LogP contribution < -0.4 is 5.32 Å². The maximum atomic E-state index is 12.6. The molecule has 3 rings (SSSR count). The Labute approximate surface area is 144 Å². The lowest BCUT2D eigenvalue weighted by Crippen LogP contribution is -2.19. The topological polar surface area (TPSA) is 72.7 Å². The summed E-state index contributed by atoms with van der Waals surface area (Å²) in [6, 6.07) is 9.15. The van der Waals surface area contributed by atoms with E-state index in [0.29, 0.717) is 16.4 Å². The molecule has 0 aliphatic heterocycles. The molecule has 0 radical (unpaired) electrons. The Morgan fingerprint density at radius 3 is 2.71 bits per heavy atom. The summed E-state index contributed by atoms with van der Waals surface area (Å²) in [5.41, 5.74) is 1.62. The molecular formula is C17H17N5OS. The van der Waals surface area contributed by atoms with Gasteiger partial charge in [0.25, 0.3) is 5.91 Å². The monoisotopic (exact) mass is 339 g/mol. The third kappa shape index (κ3) is 3.30. The van der Waals surface area contributed by atoms with Crippen molar-refractivity contribution >= 4 is 23.5 Å². The Hall–Kier alpha value is -2.67. The van der Waals surface area contributed by atoms with Crippen LogP contribution in [0.15, 0.2) is 60.1 Å². The van der Waals surface area contributed by atoms with Gasteiger partial charge in [0, 0.05) is 24.7 Å². The molecule has 0 fully saturated rings. The molecule has 0 saturated heterocycles. The van der Waals surface area contributed by atoms with Crippen molar-refractivity contribution in [2.45, 2.75) is 18.0 Å². The van der Waals surface area contributed by atoms with E-state index in [4.69, 9.17) is 0 Å². The number of pyridine rings is 2. The first-order valence-corrected chi connectivity index (χ1v) is 8.67. The summed E-state index contributed by atoms with van der Waals surface area (Å²) in [5.74, 6) is 0.441. The first-order valence-electron chi connectivity index (χ1n) is 7.44. The molecule has 24 heavy (non-hydrogen) atoms. The van der Waals surface area contributed by atoms with Gasteiger partial charge in [-0.25, -0.2) is 9.67 Å². The molecule has 6 nitrogen and oxygen atoms in total. The van der Waals surface area contributed by atoms with Crippen molar-refractivity contribution < 1.29 is 4.79 Å². The minimum atomic E-state index is -0.198. The molecule has 1 amide bonds. The Kier molecular flexibility index (Phi) is 4.90. The fourth-order valence-electron chi connectivity index (χ4n) is 2.42. The highest BCUT2D eigenvalue weighted by atomic mass is 32.2. The predicted molar refractivity (Wildman–Crippen MR) is 94.2 cm³/mol. The van der Waals surface area contributed by atoms with Crippen LogP contribution in [0.25, 0.3) is 0 Å². The van der Waals surface area contributed by atoms with Crippen LogP contribution in [0.1, 0.15) is 28.9 Å². The molecule has 3 heterocycles. The molecule has 0 aliphatic carbocycles. The second-order valence-corrected chi connectivity index (χ2v) is 5.93. The van der Waals surface area contributed by atoms with Gasteiger partial charge < -0.3 is 5.32 Å². The Balaban J connectivity index is 1.85. The van der Waals surface area contributed by atoms with E-state index in [2.05, 4.69) is 20.4 Å². The fourth-order valence-corrected chi connectivity index (χ4v) is 2.96. The van der Waals surface area contributed by atoms with Gasteiger partial charge in [-0.2, -0.15) is 5.10 Å². The molecule has 0 aromatic carbocycles. The summed E-state index contributed by atoms with van der Waals surface area (Å²) in [6.07, 6.45) is 8.74. The molecule has 0 bridgehead atoms. The number of aromatic nitrogens is 4. The number of rotatable bonds is 5. The Morgan fingerprint density at radius 1 is 1.17 bits per heavy atom. The van der Waals surface area contributed by atoms with Crippen molar-refractivity contribution in [2.24, 2.45) is 0 Å². The lowest BCUT2D eigenvalue weighted by molar-refractivity contribution is 0.102. The van der Waals surface area contributed by atoms with E-state index in [9.17, 15) is 4.79 Å². The highest BCUT2D eigenvalue weighted by Gasteiger charge is 2.17. The number of hydrogen-bond acceptors (Lipinski definition) is 5. The summed E-state index contributed by atoms with van der Waals surface area (Å²) >= 11 is 1.44. The van der Waals surface area contributed by atoms with Gasteiger partial charge >= 0.3 is 0 Å². The minimum absolute atomic E-state index is 0.0211. The molecule has 0 spiro atoms. The average Bonchev–Trinajstić information content (AvgIpc) is 3.09. The van der Waals surface area contributed by atoms with Crippen molar-refractivity contribution in [1.82, 2.24) is 19.7 Å². The van der Waals surface area contributed by atoms with Crippen LogP contribution in [0.4, 0.5) is 5.82 Å². The van der Waals surface area contributed by atoms with Crippen LogP contribution in [0.2, 0.25) is 0 Å². The van der Waals surface area contributed by atoms with E-state index in [1.54, 1.807) is 47.7 Å². The molecular weight excluding hydrogens is 322 g/mol. The number of thioether (sulfide) groups is 1. The van der Waals surface area contributed by atoms with E-state index in [-0.39, 0.29) is 11.9 Å². The van der Waals surface area contributed by atoms with Crippen LogP contribution >= 0.6 is 11.8 Å². The Morgan fingerprint density at radius 2 is 1.96 bits per heavy atom. The molecule has 0 unspecified atom stereocenters. The normalized spacial score (nSPS) is 11.9. The zero-order valence-corrected chi connectivity index (χ0v) is 14.2. The predicted octanol–water partition coefficient (Wildman–Crippen LogP) is 3.26. The Bertz CT molecular complexity index is 834. The largest absolute Gasteiger partial charge is 0.307 e. The highest BCUT2D eigenvalue weighted by molar-refractivity contribution is 7.98. The number of nitrogens with zero attached hydrogens (tertiary/aromatic N) is 4. The quantitative estimate of drug-likeness (QED) is 0.722. The standard InChI is InChI=1S/C17H17N5OS/c1-12(13-5-9-18-10-6-13)22-15(7-11-20-22)21-16(23)14-4-3-8-19-17(14)24-2/h3-12H,1-2H3,(H,21,23)/t12-/m0/s1. The van der Waals surface area contributed by atoms with Gasteiger partial charge in [-0.05, 0) is 43.0 Å². The van der Waals surface area contributed by atoms with Gasteiger partial charge in [0.2, 0.25) is 0 Å². The number of anilines is 1. The summed E-state index contributed by atoms with van der Waals surface area (Å²) in [4.78, 5) is 20.8. The van der Waals surface area contributed by atoms with Crippen molar-refractivity contribution in [1.29, 1.82) is 0 Å². The van der Waals surface area contributed by atoms with Crippen LogP contribution in [-0.4, -0.2) is 31.9 Å². The van der Waals surface area contributed by atoms with Gasteiger partial charge in [-0.15, -0.1) is 11.8 Å². The molecule has 1 N–H and O–H groups in total. The number of hydrogen-bond donors (Lipinski definition) is 1. The third-order valence-corrected chi connectivity index (χ3v) is 4.39. The number of carbonyl (C=O) groups is 1. The first-order chi connectivity index (χ1) is 11.7. The molecule has 7 heteroatoms. The van der Waals surface area contributed by atoms with E-state index in [0.717, 1.165) is 5.56 Å². The van der Waals surface area contributed by atoms with Crippen LogP contribution in [-0.2, 0) is 0 Å². The summed E-state index contributed by atoms with van der Waals surface area (Å²) in [7, 11) is 0.